The van der Waals surface area contributed by atoms with Gasteiger partial charge in [-0.05, 0) is 36.6 Å². The lowest BCUT2D eigenvalue weighted by atomic mass is 9.91. The number of imidazole rings is 1. The number of H-pyrrole nitrogens is 1. The predicted molar refractivity (Wildman–Crippen MR) is 123 cm³/mol. The van der Waals surface area contributed by atoms with Crippen LogP contribution >= 0.6 is 0 Å². The number of nitrogens with one attached hydrogen (secondary N) is 2. The maximum atomic E-state index is 15.8. The van der Waals surface area contributed by atoms with Crippen LogP contribution < -0.4 is 5.32 Å². The van der Waals surface area contributed by atoms with Crippen molar-refractivity contribution in [1.29, 1.82) is 0 Å². The summed E-state index contributed by atoms with van der Waals surface area (Å²) >= 11 is 0. The van der Waals surface area contributed by atoms with Crippen molar-refractivity contribution in [2.45, 2.75) is 70.4 Å². The van der Waals surface area contributed by atoms with Crippen molar-refractivity contribution in [2.75, 3.05) is 0 Å². The Balaban J connectivity index is 1.43. The van der Waals surface area contributed by atoms with Crippen LogP contribution in [0.4, 0.5) is 4.39 Å². The maximum absolute atomic E-state index is 15.8. The van der Waals surface area contributed by atoms with Crippen molar-refractivity contribution in [3.8, 4) is 0 Å². The summed E-state index contributed by atoms with van der Waals surface area (Å²) in [6, 6.07) is 7.81. The molecule has 0 amide bonds. The van der Waals surface area contributed by atoms with E-state index in [1.807, 2.05) is 18.2 Å². The smallest absolute Gasteiger partial charge is 0.228 e. The summed E-state index contributed by atoms with van der Waals surface area (Å²) in [5, 5.41) is 11.8. The van der Waals surface area contributed by atoms with Gasteiger partial charge >= 0.3 is 0 Å². The summed E-state index contributed by atoms with van der Waals surface area (Å²) in [5.41, 5.74) is 2.29. The zero-order valence-electron chi connectivity index (χ0n) is 18.9. The van der Waals surface area contributed by atoms with Crippen LogP contribution in [-0.2, 0) is 6.54 Å². The number of halogens is 1. The van der Waals surface area contributed by atoms with Gasteiger partial charge in [0.05, 0.1) is 18.0 Å². The van der Waals surface area contributed by atoms with Crippen LogP contribution in [0.25, 0.3) is 11.0 Å². The number of hydrogen-bond acceptors (Lipinski definition) is 6. The van der Waals surface area contributed by atoms with Gasteiger partial charge in [0.2, 0.25) is 11.8 Å². The molecule has 7 nitrogen and oxygen atoms in total. The highest BCUT2D eigenvalue weighted by molar-refractivity contribution is 5.77. The third-order valence-corrected chi connectivity index (χ3v) is 6.47. The maximum Gasteiger partial charge on any atom is 0.228 e. The summed E-state index contributed by atoms with van der Waals surface area (Å²) in [5.74, 6) is 0.620. The number of fused-ring (bicyclic) bond motifs is 1. The van der Waals surface area contributed by atoms with Gasteiger partial charge < -0.3 is 14.7 Å². The van der Waals surface area contributed by atoms with Gasteiger partial charge in [0.1, 0.15) is 11.3 Å². The Bertz CT molecular complexity index is 1200. The van der Waals surface area contributed by atoms with Gasteiger partial charge in [-0.2, -0.15) is 0 Å². The second-order valence-corrected chi connectivity index (χ2v) is 8.84. The Labute approximate surface area is 192 Å². The molecule has 1 atom stereocenters. The van der Waals surface area contributed by atoms with Gasteiger partial charge in [-0.25, -0.2) is 9.37 Å². The van der Waals surface area contributed by atoms with Crippen molar-refractivity contribution in [3.63, 3.8) is 0 Å². The van der Waals surface area contributed by atoms with Gasteiger partial charge in [-0.15, -0.1) is 10.2 Å². The second kappa shape index (κ2) is 9.79. The lowest BCUT2D eigenvalue weighted by Crippen LogP contribution is -2.29. The third kappa shape index (κ3) is 4.80. The first-order valence-corrected chi connectivity index (χ1v) is 11.8. The monoisotopic (exact) mass is 448 g/mol. The molecule has 1 aromatic carbocycles. The summed E-state index contributed by atoms with van der Waals surface area (Å²) in [4.78, 5) is 12.0. The lowest BCUT2D eigenvalue weighted by molar-refractivity contribution is 0.386. The molecule has 0 bridgehead atoms. The molecule has 0 aliphatic heterocycles. The Morgan fingerprint density at radius 3 is 2.55 bits per heavy atom. The van der Waals surface area contributed by atoms with Crippen molar-refractivity contribution >= 4 is 11.0 Å². The van der Waals surface area contributed by atoms with Crippen LogP contribution in [0, 0.1) is 12.7 Å². The molecule has 172 valence electrons. The molecule has 3 aromatic heterocycles. The zero-order chi connectivity index (χ0) is 22.6. The van der Waals surface area contributed by atoms with Crippen molar-refractivity contribution in [3.05, 3.63) is 71.2 Å². The SMILES string of the molecule is Cc1nnc(C(c2ccncc2)c2ccc3[nH]c(CNC4CCCCCCC4)nc3c2F)o1. The average molecular weight is 449 g/mol. The van der Waals surface area contributed by atoms with E-state index in [4.69, 9.17) is 4.42 Å². The van der Waals surface area contributed by atoms with Crippen LogP contribution in [0.2, 0.25) is 0 Å². The first kappa shape index (κ1) is 21.7. The Morgan fingerprint density at radius 2 is 1.82 bits per heavy atom. The van der Waals surface area contributed by atoms with Crippen molar-refractivity contribution < 1.29 is 8.81 Å². The molecule has 0 radical (unpaired) electrons. The van der Waals surface area contributed by atoms with Crippen molar-refractivity contribution in [1.82, 2.24) is 30.5 Å². The molecule has 1 aliphatic rings. The van der Waals surface area contributed by atoms with E-state index in [-0.39, 0.29) is 5.82 Å². The molecule has 0 spiro atoms. The third-order valence-electron chi connectivity index (χ3n) is 6.47. The first-order chi connectivity index (χ1) is 16.2. The summed E-state index contributed by atoms with van der Waals surface area (Å²) in [6.07, 6.45) is 12.2. The normalized spacial score (nSPS) is 16.5. The van der Waals surface area contributed by atoms with E-state index in [9.17, 15) is 0 Å². The van der Waals surface area contributed by atoms with E-state index >= 15 is 4.39 Å². The molecule has 3 heterocycles. The fourth-order valence-electron chi connectivity index (χ4n) is 4.76. The Morgan fingerprint density at radius 1 is 1.06 bits per heavy atom. The van der Waals surface area contributed by atoms with E-state index in [2.05, 4.69) is 30.5 Å². The van der Waals surface area contributed by atoms with Crippen LogP contribution in [0.1, 0.15) is 79.6 Å². The van der Waals surface area contributed by atoms with E-state index in [1.165, 1.54) is 44.9 Å². The van der Waals surface area contributed by atoms with Crippen LogP contribution in [-0.4, -0.2) is 31.2 Å². The molecule has 4 aromatic rings. The lowest BCUT2D eigenvalue weighted by Gasteiger charge is -2.20. The fourth-order valence-corrected chi connectivity index (χ4v) is 4.76. The van der Waals surface area contributed by atoms with Crippen molar-refractivity contribution in [2.24, 2.45) is 0 Å². The topological polar surface area (TPSA) is 92.5 Å². The van der Waals surface area contributed by atoms with Gasteiger partial charge in [0, 0.05) is 30.9 Å². The second-order valence-electron chi connectivity index (χ2n) is 8.84. The summed E-state index contributed by atoms with van der Waals surface area (Å²) in [7, 11) is 0. The number of hydrogen-bond donors (Lipinski definition) is 2. The van der Waals surface area contributed by atoms with E-state index in [1.54, 1.807) is 25.4 Å². The number of pyridine rings is 1. The number of nitrogens with zero attached hydrogens (tertiary/aromatic N) is 4. The molecule has 1 unspecified atom stereocenters. The quantitative estimate of drug-likeness (QED) is 0.423. The van der Waals surface area contributed by atoms with Crippen LogP contribution in [0.15, 0.2) is 41.1 Å². The molecule has 2 N–H and O–H groups in total. The van der Waals surface area contributed by atoms with Crippen LogP contribution in [0.5, 0.6) is 0 Å². The van der Waals surface area contributed by atoms with E-state index < -0.39 is 5.92 Å². The molecule has 1 aliphatic carbocycles. The number of rotatable bonds is 6. The van der Waals surface area contributed by atoms with Gasteiger partial charge in [-0.3, -0.25) is 4.98 Å². The summed E-state index contributed by atoms with van der Waals surface area (Å²) in [6.45, 7) is 2.33. The average Bonchev–Trinajstić information content (AvgIpc) is 3.42. The number of aromatic nitrogens is 5. The highest BCUT2D eigenvalue weighted by atomic mass is 19.1. The minimum atomic E-state index is -0.535. The zero-order valence-corrected chi connectivity index (χ0v) is 18.9. The number of aryl methyl sites for hydroxylation is 1. The largest absolute Gasteiger partial charge is 0.425 e. The highest BCUT2D eigenvalue weighted by Gasteiger charge is 2.27. The van der Waals surface area contributed by atoms with E-state index in [0.29, 0.717) is 41.0 Å². The molecular weight excluding hydrogens is 419 g/mol. The standard InChI is InChI=1S/C25H29FN6O/c1-16-31-32-25(33-16)22(17-11-13-27-14-12-17)19-9-10-20-24(23(19)26)30-21(29-20)15-28-18-7-5-3-2-4-6-8-18/h9-14,18,22,28H,2-8,15H2,1H3,(H,29,30). The Hall–Kier alpha value is -3.13. The molecular formula is C25H29FN6O. The molecule has 5 rings (SSSR count). The minimum Gasteiger partial charge on any atom is -0.425 e. The fraction of sp³-hybridized carbons (Fsp3) is 0.440. The predicted octanol–water partition coefficient (Wildman–Crippen LogP) is 5.17. The molecule has 8 heteroatoms. The van der Waals surface area contributed by atoms with Gasteiger partial charge in [0.25, 0.3) is 0 Å². The minimum absolute atomic E-state index is 0.331. The molecule has 1 saturated carbocycles. The molecule has 0 saturated heterocycles. The molecule has 1 fully saturated rings. The van der Waals surface area contributed by atoms with Crippen LogP contribution in [0.3, 0.4) is 0 Å². The first-order valence-electron chi connectivity index (χ1n) is 11.8. The molecule has 33 heavy (non-hydrogen) atoms. The highest BCUT2D eigenvalue weighted by Crippen LogP contribution is 2.34. The number of benzene rings is 1. The summed E-state index contributed by atoms with van der Waals surface area (Å²) < 4.78 is 21.5. The Kier molecular flexibility index (Phi) is 6.44. The van der Waals surface area contributed by atoms with Gasteiger partial charge in [0.15, 0.2) is 5.82 Å². The number of aromatic amines is 1. The van der Waals surface area contributed by atoms with E-state index in [0.717, 1.165) is 11.4 Å². The van der Waals surface area contributed by atoms with Gasteiger partial charge in [-0.1, -0.05) is 38.2 Å².